The van der Waals surface area contributed by atoms with Gasteiger partial charge in [0.05, 0.1) is 10.6 Å². The van der Waals surface area contributed by atoms with Gasteiger partial charge in [-0.3, -0.25) is 4.79 Å². The summed E-state index contributed by atoms with van der Waals surface area (Å²) in [5.41, 5.74) is -2.15. The van der Waals surface area contributed by atoms with E-state index in [9.17, 15) is 22.0 Å². The van der Waals surface area contributed by atoms with Crippen molar-refractivity contribution < 1.29 is 17.2 Å². The Morgan fingerprint density at radius 3 is 2.40 bits per heavy atom. The Labute approximate surface area is 87.9 Å². The summed E-state index contributed by atoms with van der Waals surface area (Å²) >= 11 is 5.37. The average molecular weight is 259 g/mol. The molecule has 0 bridgehead atoms. The van der Waals surface area contributed by atoms with Crippen molar-refractivity contribution in [1.82, 2.24) is 4.98 Å². The first-order valence-corrected chi connectivity index (χ1v) is 5.39. The predicted octanol–water partition coefficient (Wildman–Crippen LogP) is 0.613. The summed E-state index contributed by atoms with van der Waals surface area (Å²) in [7, 11) is -4.23. The number of rotatable bonds is 2. The third-order valence-corrected chi connectivity index (χ3v) is 2.81. The second kappa shape index (κ2) is 3.87. The Morgan fingerprint density at radius 2 is 2.00 bits per heavy atom. The van der Waals surface area contributed by atoms with E-state index in [4.69, 9.17) is 11.6 Å². The van der Waals surface area contributed by atoms with Gasteiger partial charge in [-0.05, 0) is 6.07 Å². The molecule has 84 valence electrons. The van der Waals surface area contributed by atoms with Crippen LogP contribution in [0.4, 0.5) is 8.78 Å². The molecule has 0 radical (unpaired) electrons. The van der Waals surface area contributed by atoms with Crippen molar-refractivity contribution in [2.24, 2.45) is 5.14 Å². The highest BCUT2D eigenvalue weighted by Gasteiger charge is 2.20. The molecule has 9 heteroatoms. The summed E-state index contributed by atoms with van der Waals surface area (Å²) in [4.78, 5) is 12.7. The largest absolute Gasteiger partial charge is 0.310 e. The van der Waals surface area contributed by atoms with Crippen LogP contribution in [0.15, 0.2) is 15.9 Å². The van der Waals surface area contributed by atoms with Crippen LogP contribution in [0.3, 0.4) is 0 Å². The van der Waals surface area contributed by atoms with Crippen molar-refractivity contribution >= 4 is 21.6 Å². The highest BCUT2D eigenvalue weighted by molar-refractivity contribution is 7.89. The number of alkyl halides is 2. The van der Waals surface area contributed by atoms with Crippen LogP contribution in [0, 0.1) is 0 Å². The van der Waals surface area contributed by atoms with Crippen LogP contribution in [-0.4, -0.2) is 13.4 Å². The third-order valence-electron chi connectivity index (χ3n) is 1.51. The Hall–Kier alpha value is -0.990. The number of hydrogen-bond acceptors (Lipinski definition) is 3. The summed E-state index contributed by atoms with van der Waals surface area (Å²) in [6.07, 6.45) is -3.04. The maximum atomic E-state index is 12.2. The first kappa shape index (κ1) is 12.1. The normalized spacial score (nSPS) is 12.1. The minimum atomic E-state index is -4.23. The summed E-state index contributed by atoms with van der Waals surface area (Å²) in [6.45, 7) is 0. The lowest BCUT2D eigenvalue weighted by molar-refractivity contribution is 0.149. The van der Waals surface area contributed by atoms with E-state index in [0.29, 0.717) is 6.07 Å². The van der Waals surface area contributed by atoms with E-state index in [0.717, 1.165) is 0 Å². The van der Waals surface area contributed by atoms with Gasteiger partial charge in [-0.2, -0.15) is 0 Å². The fourth-order valence-corrected chi connectivity index (χ4v) is 1.92. The van der Waals surface area contributed by atoms with E-state index >= 15 is 0 Å². The molecule has 0 aliphatic rings. The molecule has 0 atom stereocenters. The first-order valence-electron chi connectivity index (χ1n) is 3.47. The van der Waals surface area contributed by atoms with Gasteiger partial charge in [-0.15, -0.1) is 0 Å². The fraction of sp³-hybridized carbons (Fsp3) is 0.167. The van der Waals surface area contributed by atoms with Crippen molar-refractivity contribution in [2.45, 2.75) is 11.5 Å². The molecular weight excluding hydrogens is 254 g/mol. The van der Waals surface area contributed by atoms with E-state index in [1.165, 1.54) is 0 Å². The SMILES string of the molecule is NS(=O)(=O)c1[nH]c(=O)c(C(F)F)cc1Cl. The van der Waals surface area contributed by atoms with E-state index in [2.05, 4.69) is 5.14 Å². The van der Waals surface area contributed by atoms with Gasteiger partial charge in [0, 0.05) is 0 Å². The number of nitrogens with one attached hydrogen (secondary N) is 1. The zero-order valence-electron chi connectivity index (χ0n) is 7.00. The molecule has 1 aromatic heterocycles. The van der Waals surface area contributed by atoms with Crippen molar-refractivity contribution in [1.29, 1.82) is 0 Å². The number of pyridine rings is 1. The van der Waals surface area contributed by atoms with E-state index < -0.39 is 37.6 Å². The second-order valence-corrected chi connectivity index (χ2v) is 4.48. The lowest BCUT2D eigenvalue weighted by Gasteiger charge is -2.03. The average Bonchev–Trinajstić information content (AvgIpc) is 2.06. The van der Waals surface area contributed by atoms with Crippen LogP contribution in [-0.2, 0) is 10.0 Å². The molecule has 0 aromatic carbocycles. The Kier molecular flexibility index (Phi) is 3.12. The molecule has 1 heterocycles. The monoisotopic (exact) mass is 258 g/mol. The van der Waals surface area contributed by atoms with Crippen molar-refractivity contribution in [3.8, 4) is 0 Å². The molecule has 0 saturated heterocycles. The van der Waals surface area contributed by atoms with Gasteiger partial charge in [0.1, 0.15) is 0 Å². The standard InChI is InChI=1S/C6H5ClF2N2O3S/c7-3-1-2(4(8)9)5(12)11-6(3)15(10,13)14/h1,4H,(H,11,12)(H2,10,13,14). The molecule has 0 unspecified atom stereocenters. The van der Waals surface area contributed by atoms with Crippen LogP contribution in [0.5, 0.6) is 0 Å². The van der Waals surface area contributed by atoms with Crippen LogP contribution in [0.25, 0.3) is 0 Å². The van der Waals surface area contributed by atoms with Crippen molar-refractivity contribution in [3.63, 3.8) is 0 Å². The number of halogens is 3. The zero-order chi connectivity index (χ0) is 11.8. The lowest BCUT2D eigenvalue weighted by atomic mass is 10.3. The van der Waals surface area contributed by atoms with Gasteiger partial charge in [0.25, 0.3) is 22.0 Å². The molecule has 15 heavy (non-hydrogen) atoms. The zero-order valence-corrected chi connectivity index (χ0v) is 8.57. The van der Waals surface area contributed by atoms with Gasteiger partial charge in [0.2, 0.25) is 0 Å². The molecule has 5 nitrogen and oxygen atoms in total. The number of aromatic amines is 1. The third kappa shape index (κ3) is 2.52. The lowest BCUT2D eigenvalue weighted by Crippen LogP contribution is -2.22. The van der Waals surface area contributed by atoms with Gasteiger partial charge in [-0.1, -0.05) is 11.6 Å². The highest BCUT2D eigenvalue weighted by Crippen LogP contribution is 2.21. The van der Waals surface area contributed by atoms with Gasteiger partial charge in [0.15, 0.2) is 5.03 Å². The molecule has 3 N–H and O–H groups in total. The molecule has 0 saturated carbocycles. The first-order chi connectivity index (χ1) is 6.73. The summed E-state index contributed by atoms with van der Waals surface area (Å²) in [5.74, 6) is 0. The second-order valence-electron chi connectivity index (χ2n) is 2.58. The number of aromatic nitrogens is 1. The van der Waals surface area contributed by atoms with Crippen LogP contribution >= 0.6 is 11.6 Å². The number of hydrogen-bond donors (Lipinski definition) is 2. The smallest absolute Gasteiger partial charge is 0.269 e. The summed E-state index contributed by atoms with van der Waals surface area (Å²) in [5, 5.41) is 3.35. The minimum absolute atomic E-state index is 0.549. The van der Waals surface area contributed by atoms with E-state index in [-0.39, 0.29) is 0 Å². The van der Waals surface area contributed by atoms with Crippen LogP contribution in [0.2, 0.25) is 5.02 Å². The molecule has 1 rings (SSSR count). The number of nitrogens with two attached hydrogens (primary N) is 1. The highest BCUT2D eigenvalue weighted by atomic mass is 35.5. The Morgan fingerprint density at radius 1 is 1.47 bits per heavy atom. The Balaban J connectivity index is 3.53. The van der Waals surface area contributed by atoms with E-state index in [1.54, 1.807) is 4.98 Å². The number of sulfonamides is 1. The topological polar surface area (TPSA) is 93.0 Å². The molecule has 1 aromatic rings. The van der Waals surface area contributed by atoms with E-state index in [1.807, 2.05) is 0 Å². The van der Waals surface area contributed by atoms with Crippen LogP contribution < -0.4 is 10.7 Å². The number of H-pyrrole nitrogens is 1. The molecule has 0 fully saturated rings. The van der Waals surface area contributed by atoms with Gasteiger partial charge < -0.3 is 4.98 Å². The van der Waals surface area contributed by atoms with Gasteiger partial charge in [-0.25, -0.2) is 22.3 Å². The maximum absolute atomic E-state index is 12.2. The van der Waals surface area contributed by atoms with Crippen molar-refractivity contribution in [3.05, 3.63) is 27.0 Å². The van der Waals surface area contributed by atoms with Gasteiger partial charge >= 0.3 is 0 Å². The van der Waals surface area contributed by atoms with Crippen LogP contribution in [0.1, 0.15) is 12.0 Å². The summed E-state index contributed by atoms with van der Waals surface area (Å²) < 4.78 is 46.0. The minimum Gasteiger partial charge on any atom is -0.310 e. The predicted molar refractivity (Wildman–Crippen MR) is 48.4 cm³/mol. The number of primary sulfonamides is 1. The molecule has 0 aliphatic heterocycles. The molecule has 0 aliphatic carbocycles. The summed E-state index contributed by atoms with van der Waals surface area (Å²) in [6, 6.07) is 0.574. The maximum Gasteiger partial charge on any atom is 0.269 e. The Bertz CT molecular complexity index is 540. The molecule has 0 amide bonds. The fourth-order valence-electron chi connectivity index (χ4n) is 0.872. The van der Waals surface area contributed by atoms with Crippen molar-refractivity contribution in [2.75, 3.05) is 0 Å². The molecular formula is C6H5ClF2N2O3S. The quantitative estimate of drug-likeness (QED) is 0.814. The molecule has 0 spiro atoms.